The maximum atomic E-state index is 10.9. The topological polar surface area (TPSA) is 97.0 Å². The number of rotatable bonds is 4. The second-order valence-electron chi connectivity index (χ2n) is 3.99. The minimum absolute atomic E-state index is 0.0765. The average molecular weight is 292 g/mol. The molecular weight excluding hydrogens is 280 g/mol. The Bertz CT molecular complexity index is 613. The lowest BCUT2D eigenvalue weighted by molar-refractivity contribution is -0.385. The summed E-state index contributed by atoms with van der Waals surface area (Å²) in [5, 5.41) is 21.6. The third-order valence-corrected chi connectivity index (χ3v) is 3.49. The van der Waals surface area contributed by atoms with Gasteiger partial charge in [-0.3, -0.25) is 14.9 Å². The van der Waals surface area contributed by atoms with Gasteiger partial charge in [0.15, 0.2) is 5.17 Å². The van der Waals surface area contributed by atoms with Gasteiger partial charge < -0.3 is 5.32 Å². The summed E-state index contributed by atoms with van der Waals surface area (Å²) in [5.41, 5.74) is 1.34. The van der Waals surface area contributed by atoms with Gasteiger partial charge in [-0.05, 0) is 6.42 Å². The first-order chi connectivity index (χ1) is 9.60. The first-order valence-corrected chi connectivity index (χ1v) is 6.89. The Morgan fingerprint density at radius 1 is 1.55 bits per heavy atom. The van der Waals surface area contributed by atoms with E-state index < -0.39 is 4.92 Å². The summed E-state index contributed by atoms with van der Waals surface area (Å²) in [6.07, 6.45) is 2.02. The van der Waals surface area contributed by atoms with Crippen LogP contribution in [0.5, 0.6) is 0 Å². The lowest BCUT2D eigenvalue weighted by Crippen LogP contribution is -2.19. The highest BCUT2D eigenvalue weighted by atomic mass is 32.2. The summed E-state index contributed by atoms with van der Waals surface area (Å²) < 4.78 is 0. The van der Waals surface area contributed by atoms with E-state index in [2.05, 4.69) is 15.5 Å². The van der Waals surface area contributed by atoms with E-state index >= 15 is 0 Å². The molecule has 104 valence electrons. The van der Waals surface area contributed by atoms with Crippen LogP contribution in [0.2, 0.25) is 0 Å². The molecule has 0 bridgehead atoms. The van der Waals surface area contributed by atoms with Crippen LogP contribution in [0, 0.1) is 10.1 Å². The Morgan fingerprint density at radius 3 is 2.95 bits per heavy atom. The zero-order chi connectivity index (χ0) is 14.5. The number of nitro groups is 1. The molecule has 2 rings (SSSR count). The van der Waals surface area contributed by atoms with Crippen molar-refractivity contribution in [3.8, 4) is 0 Å². The number of hydrogen-bond acceptors (Lipinski definition) is 6. The van der Waals surface area contributed by atoms with Gasteiger partial charge in [0.2, 0.25) is 5.91 Å². The zero-order valence-corrected chi connectivity index (χ0v) is 11.5. The van der Waals surface area contributed by atoms with E-state index in [0.29, 0.717) is 28.5 Å². The number of thioether (sulfide) groups is 1. The third-order valence-electron chi connectivity index (χ3n) is 2.63. The van der Waals surface area contributed by atoms with Crippen molar-refractivity contribution in [1.82, 2.24) is 5.32 Å². The van der Waals surface area contributed by atoms with Crippen molar-refractivity contribution in [2.45, 2.75) is 13.3 Å². The van der Waals surface area contributed by atoms with Gasteiger partial charge in [0.05, 0.1) is 16.9 Å². The smallest absolute Gasteiger partial charge is 0.273 e. The molecule has 1 aliphatic rings. The van der Waals surface area contributed by atoms with E-state index in [0.717, 1.165) is 0 Å². The molecule has 0 spiro atoms. The molecule has 0 aliphatic carbocycles. The van der Waals surface area contributed by atoms with Crippen LogP contribution in [0.1, 0.15) is 18.1 Å². The molecule has 0 aromatic heterocycles. The molecule has 1 aliphatic heterocycles. The number of amides is 1. The highest BCUT2D eigenvalue weighted by Gasteiger charge is 2.16. The van der Waals surface area contributed by atoms with Gasteiger partial charge in [0, 0.05) is 17.2 Å². The molecule has 20 heavy (non-hydrogen) atoms. The number of benzene rings is 1. The highest BCUT2D eigenvalue weighted by molar-refractivity contribution is 8.15. The number of nitrogens with zero attached hydrogens (tertiary/aromatic N) is 3. The predicted molar refractivity (Wildman–Crippen MR) is 78.1 cm³/mol. The maximum absolute atomic E-state index is 10.9. The largest absolute Gasteiger partial charge is 0.303 e. The summed E-state index contributed by atoms with van der Waals surface area (Å²) in [6, 6.07) is 4.91. The first-order valence-electron chi connectivity index (χ1n) is 5.91. The Balaban J connectivity index is 2.15. The molecule has 1 aromatic carbocycles. The van der Waals surface area contributed by atoms with Crippen molar-refractivity contribution < 1.29 is 9.72 Å². The lowest BCUT2D eigenvalue weighted by atomic mass is 10.1. The highest BCUT2D eigenvalue weighted by Crippen LogP contribution is 2.20. The second-order valence-corrected chi connectivity index (χ2v) is 4.95. The van der Waals surface area contributed by atoms with Crippen molar-refractivity contribution in [3.05, 3.63) is 39.4 Å². The van der Waals surface area contributed by atoms with Gasteiger partial charge in [-0.15, -0.1) is 5.10 Å². The van der Waals surface area contributed by atoms with Gasteiger partial charge >= 0.3 is 0 Å². The fourth-order valence-electron chi connectivity index (χ4n) is 1.66. The van der Waals surface area contributed by atoms with Crippen LogP contribution in [0.15, 0.2) is 28.4 Å². The van der Waals surface area contributed by atoms with Crippen molar-refractivity contribution in [2.24, 2.45) is 10.2 Å². The number of hydrogen-bond donors (Lipinski definition) is 1. The van der Waals surface area contributed by atoms with E-state index in [4.69, 9.17) is 0 Å². The SMILES string of the molecule is CCc1ccc(C=NN=C2NC(=O)CS2)cc1[N+](=O)[O-]. The first kappa shape index (κ1) is 14.2. The molecule has 1 N–H and O–H groups in total. The number of amidine groups is 1. The summed E-state index contributed by atoms with van der Waals surface area (Å²) in [6.45, 7) is 1.86. The van der Waals surface area contributed by atoms with Gasteiger partial charge in [-0.25, -0.2) is 0 Å². The van der Waals surface area contributed by atoms with Crippen molar-refractivity contribution in [1.29, 1.82) is 0 Å². The summed E-state index contributed by atoms with van der Waals surface area (Å²) in [7, 11) is 0. The minimum Gasteiger partial charge on any atom is -0.303 e. The number of nitrogens with one attached hydrogen (secondary N) is 1. The van der Waals surface area contributed by atoms with Crippen molar-refractivity contribution in [2.75, 3.05) is 5.75 Å². The Hall–Kier alpha value is -2.22. The van der Waals surface area contributed by atoms with Crippen molar-refractivity contribution >= 4 is 34.7 Å². The second kappa shape index (κ2) is 6.29. The Labute approximate surface area is 119 Å². The quantitative estimate of drug-likeness (QED) is 0.519. The summed E-state index contributed by atoms with van der Waals surface area (Å²) in [5.74, 6) is 0.234. The molecule has 8 heteroatoms. The van der Waals surface area contributed by atoms with E-state index in [9.17, 15) is 14.9 Å². The normalized spacial score (nSPS) is 16.9. The minimum atomic E-state index is -0.408. The molecule has 1 amide bonds. The fourth-order valence-corrected chi connectivity index (χ4v) is 2.29. The van der Waals surface area contributed by atoms with Crippen LogP contribution in [0.3, 0.4) is 0 Å². The summed E-state index contributed by atoms with van der Waals surface area (Å²) >= 11 is 1.27. The number of carbonyl (C=O) groups excluding carboxylic acids is 1. The Morgan fingerprint density at radius 2 is 2.35 bits per heavy atom. The van der Waals surface area contributed by atoms with Gasteiger partial charge in [0.25, 0.3) is 5.69 Å². The zero-order valence-electron chi connectivity index (χ0n) is 10.7. The lowest BCUT2D eigenvalue weighted by Gasteiger charge is -2.00. The number of aryl methyl sites for hydroxylation is 1. The van der Waals surface area contributed by atoms with Crippen molar-refractivity contribution in [3.63, 3.8) is 0 Å². The van der Waals surface area contributed by atoms with Gasteiger partial charge in [0.1, 0.15) is 0 Å². The van der Waals surface area contributed by atoms with E-state index in [1.807, 2.05) is 6.92 Å². The maximum Gasteiger partial charge on any atom is 0.273 e. The van der Waals surface area contributed by atoms with Gasteiger partial charge in [-0.2, -0.15) is 5.10 Å². The van der Waals surface area contributed by atoms with E-state index in [-0.39, 0.29) is 11.6 Å². The van der Waals surface area contributed by atoms with Crippen LogP contribution in [0.25, 0.3) is 0 Å². The van der Waals surface area contributed by atoms with Crippen LogP contribution >= 0.6 is 11.8 Å². The molecule has 1 fully saturated rings. The molecule has 1 heterocycles. The molecular formula is C12H12N4O3S. The molecule has 1 aromatic rings. The molecule has 0 radical (unpaired) electrons. The van der Waals surface area contributed by atoms with Crippen LogP contribution in [0.4, 0.5) is 5.69 Å². The standard InChI is InChI=1S/C12H12N4O3S/c1-2-9-4-3-8(5-10(9)16(18)19)6-13-15-12-14-11(17)7-20-12/h3-6H,2,7H2,1H3,(H,14,15,17). The van der Waals surface area contributed by atoms with E-state index in [1.165, 1.54) is 24.0 Å². The molecule has 0 saturated carbocycles. The monoisotopic (exact) mass is 292 g/mol. The Kier molecular flexibility index (Phi) is 4.46. The van der Waals surface area contributed by atoms with Crippen LogP contribution < -0.4 is 5.32 Å². The number of carbonyl (C=O) groups is 1. The molecule has 1 saturated heterocycles. The average Bonchev–Trinajstić information content (AvgIpc) is 2.84. The summed E-state index contributed by atoms with van der Waals surface area (Å²) in [4.78, 5) is 21.5. The van der Waals surface area contributed by atoms with E-state index in [1.54, 1.807) is 12.1 Å². The fraction of sp³-hybridized carbons (Fsp3) is 0.250. The predicted octanol–water partition coefficient (Wildman–Crippen LogP) is 1.71. The molecule has 7 nitrogen and oxygen atoms in total. The van der Waals surface area contributed by atoms with Crippen LogP contribution in [-0.4, -0.2) is 28.0 Å². The number of nitro benzene ring substituents is 1. The van der Waals surface area contributed by atoms with Gasteiger partial charge in [-0.1, -0.05) is 30.8 Å². The molecule has 0 atom stereocenters. The van der Waals surface area contributed by atoms with Crippen LogP contribution in [-0.2, 0) is 11.2 Å². The third kappa shape index (κ3) is 3.41. The molecule has 0 unspecified atom stereocenters.